The van der Waals surface area contributed by atoms with E-state index in [2.05, 4.69) is 0 Å². The normalized spacial score (nSPS) is 20.0. The third kappa shape index (κ3) is 4.09. The van der Waals surface area contributed by atoms with Gasteiger partial charge >= 0.3 is 6.09 Å². The highest BCUT2D eigenvalue weighted by molar-refractivity contribution is 7.89. The van der Waals surface area contributed by atoms with E-state index in [0.717, 1.165) is 12.8 Å². The van der Waals surface area contributed by atoms with Crippen molar-refractivity contribution in [1.29, 1.82) is 5.26 Å². The summed E-state index contributed by atoms with van der Waals surface area (Å²) in [7, 11) is -3.56. The topological polar surface area (TPSA) is 90.7 Å². The Hall–Kier alpha value is -2.11. The summed E-state index contributed by atoms with van der Waals surface area (Å²) in [4.78, 5) is 14.0. The molecule has 0 saturated carbocycles. The van der Waals surface area contributed by atoms with Gasteiger partial charge in [0.05, 0.1) is 16.5 Å². The SMILES string of the molecule is CC(C)(C)OC(=O)N1CC2(CCN(S(=O)(=O)c3ccc(C#N)cc3)CC2)C1. The average Bonchev–Trinajstić information content (AvgIpc) is 2.58. The first-order valence-electron chi connectivity index (χ1n) is 9.03. The summed E-state index contributed by atoms with van der Waals surface area (Å²) in [5.74, 6) is 0. The van der Waals surface area contributed by atoms with Gasteiger partial charge in [-0.25, -0.2) is 13.2 Å². The van der Waals surface area contributed by atoms with Crippen LogP contribution in [0.2, 0.25) is 0 Å². The number of benzene rings is 1. The van der Waals surface area contributed by atoms with Crippen molar-refractivity contribution in [2.24, 2.45) is 5.41 Å². The standard InChI is InChI=1S/C19H25N3O4S/c1-18(2,3)26-17(23)21-13-19(14-21)8-10-22(11-9-19)27(24,25)16-6-4-15(12-20)5-7-16/h4-7H,8-11,13-14H2,1-3H3. The van der Waals surface area contributed by atoms with E-state index < -0.39 is 15.6 Å². The van der Waals surface area contributed by atoms with Gasteiger partial charge in [-0.3, -0.25) is 0 Å². The zero-order valence-corrected chi connectivity index (χ0v) is 16.8. The van der Waals surface area contributed by atoms with E-state index in [1.165, 1.54) is 28.6 Å². The fourth-order valence-corrected chi connectivity index (χ4v) is 5.03. The average molecular weight is 391 g/mol. The summed E-state index contributed by atoms with van der Waals surface area (Å²) in [5.41, 5.74) is -0.0883. The van der Waals surface area contributed by atoms with E-state index in [-0.39, 0.29) is 16.4 Å². The Labute approximate surface area is 160 Å². The molecule has 7 nitrogen and oxygen atoms in total. The number of likely N-dealkylation sites (tertiary alicyclic amines) is 1. The Morgan fingerprint density at radius 1 is 1.15 bits per heavy atom. The van der Waals surface area contributed by atoms with Gasteiger partial charge in [0.1, 0.15) is 5.60 Å². The summed E-state index contributed by atoms with van der Waals surface area (Å²) in [6.07, 6.45) is 1.14. The molecule has 0 aliphatic carbocycles. The van der Waals surface area contributed by atoms with Crippen LogP contribution in [0.25, 0.3) is 0 Å². The minimum atomic E-state index is -3.56. The van der Waals surface area contributed by atoms with Gasteiger partial charge in [0, 0.05) is 31.6 Å². The molecule has 0 bridgehead atoms. The van der Waals surface area contributed by atoms with E-state index in [1.807, 2.05) is 26.8 Å². The largest absolute Gasteiger partial charge is 0.444 e. The highest BCUT2D eigenvalue weighted by Gasteiger charge is 2.49. The lowest BCUT2D eigenvalue weighted by Crippen LogP contribution is -2.62. The predicted octanol–water partition coefficient (Wildman–Crippen LogP) is 2.58. The predicted molar refractivity (Wildman–Crippen MR) is 99.4 cm³/mol. The molecule has 2 aliphatic heterocycles. The lowest BCUT2D eigenvalue weighted by molar-refractivity contribution is -0.0521. The second kappa shape index (κ2) is 6.80. The molecule has 3 rings (SSSR count). The van der Waals surface area contributed by atoms with E-state index in [4.69, 9.17) is 10.00 Å². The molecule has 1 spiro atoms. The summed E-state index contributed by atoms with van der Waals surface area (Å²) in [5, 5.41) is 8.85. The van der Waals surface area contributed by atoms with Crippen molar-refractivity contribution in [2.75, 3.05) is 26.2 Å². The van der Waals surface area contributed by atoms with Crippen molar-refractivity contribution in [3.8, 4) is 6.07 Å². The van der Waals surface area contributed by atoms with Gasteiger partial charge in [-0.1, -0.05) is 0 Å². The Bertz CT molecular complexity index is 850. The van der Waals surface area contributed by atoms with Gasteiger partial charge in [-0.05, 0) is 57.9 Å². The van der Waals surface area contributed by atoms with Gasteiger partial charge in [0.2, 0.25) is 10.0 Å². The molecule has 1 amide bonds. The molecule has 8 heteroatoms. The molecular formula is C19H25N3O4S. The van der Waals surface area contributed by atoms with Crippen LogP contribution in [0.1, 0.15) is 39.2 Å². The first-order chi connectivity index (χ1) is 12.5. The number of sulfonamides is 1. The number of rotatable bonds is 2. The van der Waals surface area contributed by atoms with Crippen LogP contribution >= 0.6 is 0 Å². The molecular weight excluding hydrogens is 366 g/mol. The second-order valence-corrected chi connectivity index (χ2v) is 10.3. The fourth-order valence-electron chi connectivity index (χ4n) is 3.59. The lowest BCUT2D eigenvalue weighted by atomic mass is 9.72. The molecule has 0 atom stereocenters. The van der Waals surface area contributed by atoms with Crippen molar-refractivity contribution in [1.82, 2.24) is 9.21 Å². The lowest BCUT2D eigenvalue weighted by Gasteiger charge is -2.53. The van der Waals surface area contributed by atoms with Crippen LogP contribution in [0.5, 0.6) is 0 Å². The number of hydrogen-bond donors (Lipinski definition) is 0. The van der Waals surface area contributed by atoms with Gasteiger partial charge < -0.3 is 9.64 Å². The van der Waals surface area contributed by atoms with Gasteiger partial charge in [0.15, 0.2) is 0 Å². The fraction of sp³-hybridized carbons (Fsp3) is 0.579. The minimum absolute atomic E-state index is 0.00636. The summed E-state index contributed by atoms with van der Waals surface area (Å²) >= 11 is 0. The molecule has 2 aliphatic rings. The number of hydrogen-bond acceptors (Lipinski definition) is 5. The maximum Gasteiger partial charge on any atom is 0.410 e. The molecule has 27 heavy (non-hydrogen) atoms. The van der Waals surface area contributed by atoms with Crippen molar-refractivity contribution in [2.45, 2.75) is 44.1 Å². The Morgan fingerprint density at radius 2 is 1.70 bits per heavy atom. The summed E-state index contributed by atoms with van der Waals surface area (Å²) in [6, 6.07) is 7.98. The summed E-state index contributed by atoms with van der Waals surface area (Å²) in [6.45, 7) is 7.63. The molecule has 0 N–H and O–H groups in total. The molecule has 0 radical (unpaired) electrons. The van der Waals surface area contributed by atoms with Crippen LogP contribution in [-0.2, 0) is 14.8 Å². The van der Waals surface area contributed by atoms with E-state index in [0.29, 0.717) is 31.7 Å². The molecule has 146 valence electrons. The molecule has 1 aromatic rings. The van der Waals surface area contributed by atoms with E-state index in [1.54, 1.807) is 4.90 Å². The highest BCUT2D eigenvalue weighted by Crippen LogP contribution is 2.42. The monoisotopic (exact) mass is 391 g/mol. The van der Waals surface area contributed by atoms with E-state index in [9.17, 15) is 13.2 Å². The number of nitrogens with zero attached hydrogens (tertiary/aromatic N) is 3. The third-order valence-corrected chi connectivity index (χ3v) is 7.02. The molecule has 2 heterocycles. The van der Waals surface area contributed by atoms with Gasteiger partial charge in [-0.2, -0.15) is 9.57 Å². The highest BCUT2D eigenvalue weighted by atomic mass is 32.2. The van der Waals surface area contributed by atoms with Gasteiger partial charge in [-0.15, -0.1) is 0 Å². The van der Waals surface area contributed by atoms with Crippen LogP contribution in [0.4, 0.5) is 4.79 Å². The van der Waals surface area contributed by atoms with Crippen molar-refractivity contribution < 1.29 is 17.9 Å². The Morgan fingerprint density at radius 3 is 2.19 bits per heavy atom. The van der Waals surface area contributed by atoms with Crippen molar-refractivity contribution >= 4 is 16.1 Å². The van der Waals surface area contributed by atoms with Crippen LogP contribution in [0, 0.1) is 16.7 Å². The van der Waals surface area contributed by atoms with Crippen LogP contribution < -0.4 is 0 Å². The number of carbonyl (C=O) groups excluding carboxylic acids is 1. The van der Waals surface area contributed by atoms with Crippen molar-refractivity contribution in [3.63, 3.8) is 0 Å². The maximum atomic E-state index is 12.8. The maximum absolute atomic E-state index is 12.8. The van der Waals surface area contributed by atoms with E-state index >= 15 is 0 Å². The minimum Gasteiger partial charge on any atom is -0.444 e. The molecule has 1 aromatic carbocycles. The molecule has 2 fully saturated rings. The Kier molecular flexibility index (Phi) is 4.95. The number of amides is 1. The molecule has 2 saturated heterocycles. The number of piperidine rings is 1. The summed E-state index contributed by atoms with van der Waals surface area (Å²) < 4.78 is 32.5. The smallest absolute Gasteiger partial charge is 0.410 e. The molecule has 0 aromatic heterocycles. The van der Waals surface area contributed by atoms with Crippen LogP contribution in [0.3, 0.4) is 0 Å². The second-order valence-electron chi connectivity index (χ2n) is 8.38. The van der Waals surface area contributed by atoms with Crippen molar-refractivity contribution in [3.05, 3.63) is 29.8 Å². The zero-order chi connectivity index (χ0) is 19.9. The third-order valence-electron chi connectivity index (χ3n) is 5.11. The number of ether oxygens (including phenoxy) is 1. The van der Waals surface area contributed by atoms with Gasteiger partial charge in [0.25, 0.3) is 0 Å². The number of carbonyl (C=O) groups is 1. The molecule has 0 unspecified atom stereocenters. The van der Waals surface area contributed by atoms with Crippen LogP contribution in [-0.4, -0.2) is 55.5 Å². The quantitative estimate of drug-likeness (QED) is 0.773. The zero-order valence-electron chi connectivity index (χ0n) is 15.9. The van der Waals surface area contributed by atoms with Crippen LogP contribution in [0.15, 0.2) is 29.2 Å². The first kappa shape index (κ1) is 19.6. The number of nitriles is 1. The Balaban J connectivity index is 1.58. The first-order valence-corrected chi connectivity index (χ1v) is 10.5.